The fourth-order valence-corrected chi connectivity index (χ4v) is 2.20. The largest absolute Gasteiger partial charge is 0.508 e. The van der Waals surface area contributed by atoms with Crippen LogP contribution in [0.3, 0.4) is 0 Å². The highest BCUT2D eigenvalue weighted by molar-refractivity contribution is 5.82. The van der Waals surface area contributed by atoms with Crippen molar-refractivity contribution in [1.29, 1.82) is 0 Å². The van der Waals surface area contributed by atoms with Gasteiger partial charge >= 0.3 is 5.97 Å². The summed E-state index contributed by atoms with van der Waals surface area (Å²) in [5.74, 6) is -0.537. The van der Waals surface area contributed by atoms with Gasteiger partial charge in [-0.3, -0.25) is 0 Å². The summed E-state index contributed by atoms with van der Waals surface area (Å²) >= 11 is 0. The average Bonchev–Trinajstić information content (AvgIpc) is 2.55. The van der Waals surface area contributed by atoms with Crippen molar-refractivity contribution < 1.29 is 19.7 Å². The van der Waals surface area contributed by atoms with Crippen LogP contribution in [0.2, 0.25) is 0 Å². The monoisotopic (exact) mass is 315 g/mol. The molecule has 5 heteroatoms. The second-order valence-corrected chi connectivity index (χ2v) is 5.62. The van der Waals surface area contributed by atoms with E-state index in [0.29, 0.717) is 0 Å². The van der Waals surface area contributed by atoms with Crippen LogP contribution < -0.4 is 5.73 Å². The van der Waals surface area contributed by atoms with Crippen molar-refractivity contribution in [2.24, 2.45) is 5.73 Å². The SMILES string of the molecule is CC(O)C(N)(Cc1ccc(O)cc1)C(=O)OCc1ccccc1. The first-order valence-corrected chi connectivity index (χ1v) is 7.38. The Morgan fingerprint density at radius 1 is 1.13 bits per heavy atom. The standard InChI is InChI=1S/C18H21NO4/c1-13(20)18(19,11-14-7-9-16(21)10-8-14)17(22)23-12-15-5-3-2-4-6-15/h2-10,13,20-21H,11-12,19H2,1H3. The smallest absolute Gasteiger partial charge is 0.329 e. The molecule has 5 nitrogen and oxygen atoms in total. The minimum Gasteiger partial charge on any atom is -0.508 e. The number of hydrogen-bond acceptors (Lipinski definition) is 5. The Bertz CT molecular complexity index is 640. The molecule has 0 saturated heterocycles. The molecule has 0 spiro atoms. The molecule has 2 aromatic carbocycles. The van der Waals surface area contributed by atoms with Gasteiger partial charge in [0.05, 0.1) is 6.10 Å². The Balaban J connectivity index is 2.09. The van der Waals surface area contributed by atoms with Gasteiger partial charge in [-0.1, -0.05) is 42.5 Å². The molecular weight excluding hydrogens is 294 g/mol. The third kappa shape index (κ3) is 4.31. The lowest BCUT2D eigenvalue weighted by atomic mass is 9.87. The van der Waals surface area contributed by atoms with Gasteiger partial charge in [0.15, 0.2) is 0 Å². The van der Waals surface area contributed by atoms with Crippen LogP contribution in [0, 0.1) is 0 Å². The number of ether oxygens (including phenoxy) is 1. The molecule has 0 bridgehead atoms. The Morgan fingerprint density at radius 3 is 2.30 bits per heavy atom. The molecule has 0 aliphatic heterocycles. The van der Waals surface area contributed by atoms with E-state index in [1.807, 2.05) is 30.3 Å². The highest BCUT2D eigenvalue weighted by Gasteiger charge is 2.40. The van der Waals surface area contributed by atoms with Gasteiger partial charge < -0.3 is 20.7 Å². The first-order valence-electron chi connectivity index (χ1n) is 7.38. The quantitative estimate of drug-likeness (QED) is 0.706. The van der Waals surface area contributed by atoms with Crippen molar-refractivity contribution in [1.82, 2.24) is 0 Å². The minimum absolute atomic E-state index is 0.0981. The Labute approximate surface area is 135 Å². The maximum atomic E-state index is 12.4. The number of hydrogen-bond donors (Lipinski definition) is 3. The van der Waals surface area contributed by atoms with E-state index < -0.39 is 17.6 Å². The predicted octanol–water partition coefficient (Wildman–Crippen LogP) is 1.76. The van der Waals surface area contributed by atoms with Gasteiger partial charge in [0.2, 0.25) is 0 Å². The van der Waals surface area contributed by atoms with E-state index in [-0.39, 0.29) is 18.8 Å². The first-order chi connectivity index (χ1) is 10.9. The second-order valence-electron chi connectivity index (χ2n) is 5.62. The number of rotatable bonds is 6. The molecule has 0 fully saturated rings. The molecular formula is C18H21NO4. The summed E-state index contributed by atoms with van der Waals surface area (Å²) in [6.07, 6.45) is -0.974. The molecule has 2 atom stereocenters. The van der Waals surface area contributed by atoms with Crippen LogP contribution in [-0.2, 0) is 22.6 Å². The third-order valence-corrected chi connectivity index (χ3v) is 3.77. The lowest BCUT2D eigenvalue weighted by molar-refractivity contribution is -0.155. The van der Waals surface area contributed by atoms with Gasteiger partial charge in [-0.05, 0) is 30.2 Å². The van der Waals surface area contributed by atoms with E-state index in [1.54, 1.807) is 12.1 Å². The zero-order chi connectivity index (χ0) is 16.9. The Hall–Kier alpha value is -2.37. The van der Waals surface area contributed by atoms with Crippen molar-refractivity contribution in [3.8, 4) is 5.75 Å². The Kier molecular flexibility index (Phi) is 5.36. The summed E-state index contributed by atoms with van der Waals surface area (Å²) < 4.78 is 5.28. The van der Waals surface area contributed by atoms with Crippen molar-refractivity contribution in [3.05, 3.63) is 65.7 Å². The first kappa shape index (κ1) is 17.0. The zero-order valence-electron chi connectivity index (χ0n) is 13.0. The summed E-state index contributed by atoms with van der Waals surface area (Å²) in [5.41, 5.74) is 6.15. The molecule has 122 valence electrons. The maximum Gasteiger partial charge on any atom is 0.329 e. The third-order valence-electron chi connectivity index (χ3n) is 3.77. The highest BCUT2D eigenvalue weighted by atomic mass is 16.5. The number of benzene rings is 2. The van der Waals surface area contributed by atoms with Crippen LogP contribution in [0.5, 0.6) is 5.75 Å². The second kappa shape index (κ2) is 7.26. The van der Waals surface area contributed by atoms with E-state index in [0.717, 1.165) is 11.1 Å². The lowest BCUT2D eigenvalue weighted by Gasteiger charge is -2.30. The molecule has 0 aliphatic rings. The van der Waals surface area contributed by atoms with Crippen LogP contribution in [0.25, 0.3) is 0 Å². The molecule has 0 aliphatic carbocycles. The lowest BCUT2D eigenvalue weighted by Crippen LogP contribution is -2.58. The van der Waals surface area contributed by atoms with E-state index in [2.05, 4.69) is 0 Å². The number of aliphatic hydroxyl groups excluding tert-OH is 1. The Morgan fingerprint density at radius 2 is 1.74 bits per heavy atom. The molecule has 4 N–H and O–H groups in total. The fraction of sp³-hybridized carbons (Fsp3) is 0.278. The number of esters is 1. The van der Waals surface area contributed by atoms with Gasteiger partial charge in [0, 0.05) is 6.42 Å². The summed E-state index contributed by atoms with van der Waals surface area (Å²) in [4.78, 5) is 12.4. The van der Waals surface area contributed by atoms with Crippen molar-refractivity contribution >= 4 is 5.97 Å². The number of carbonyl (C=O) groups is 1. The topological polar surface area (TPSA) is 92.8 Å². The average molecular weight is 315 g/mol. The number of phenols is 1. The van der Waals surface area contributed by atoms with Crippen molar-refractivity contribution in [2.75, 3.05) is 0 Å². The molecule has 23 heavy (non-hydrogen) atoms. The predicted molar refractivity (Wildman–Crippen MR) is 86.6 cm³/mol. The van der Waals surface area contributed by atoms with Crippen molar-refractivity contribution in [2.45, 2.75) is 31.6 Å². The van der Waals surface area contributed by atoms with E-state index >= 15 is 0 Å². The maximum absolute atomic E-state index is 12.4. The fourth-order valence-electron chi connectivity index (χ4n) is 2.20. The van der Waals surface area contributed by atoms with Crippen LogP contribution in [0.4, 0.5) is 0 Å². The molecule has 2 aromatic rings. The molecule has 2 rings (SSSR count). The zero-order valence-corrected chi connectivity index (χ0v) is 13.0. The summed E-state index contributed by atoms with van der Waals surface area (Å²) in [7, 11) is 0. The highest BCUT2D eigenvalue weighted by Crippen LogP contribution is 2.20. The molecule has 0 aromatic heterocycles. The number of nitrogens with two attached hydrogens (primary N) is 1. The molecule has 0 amide bonds. The van der Waals surface area contributed by atoms with E-state index in [9.17, 15) is 15.0 Å². The number of carbonyl (C=O) groups excluding carboxylic acids is 1. The van der Waals surface area contributed by atoms with Gasteiger partial charge in [-0.2, -0.15) is 0 Å². The summed E-state index contributed by atoms with van der Waals surface area (Å²) in [6.45, 7) is 1.56. The van der Waals surface area contributed by atoms with E-state index in [4.69, 9.17) is 10.5 Å². The molecule has 0 heterocycles. The molecule has 0 saturated carbocycles. The van der Waals surface area contributed by atoms with Crippen LogP contribution in [0.15, 0.2) is 54.6 Å². The van der Waals surface area contributed by atoms with Gasteiger partial charge in [0.1, 0.15) is 17.9 Å². The summed E-state index contributed by atoms with van der Waals surface area (Å²) in [5, 5.41) is 19.3. The molecule has 0 radical (unpaired) electrons. The van der Waals surface area contributed by atoms with Crippen LogP contribution in [0.1, 0.15) is 18.1 Å². The van der Waals surface area contributed by atoms with E-state index in [1.165, 1.54) is 19.1 Å². The number of phenolic OH excluding ortho intramolecular Hbond substituents is 1. The van der Waals surface area contributed by atoms with Crippen LogP contribution in [-0.4, -0.2) is 27.8 Å². The number of aliphatic hydroxyl groups is 1. The van der Waals surface area contributed by atoms with Gasteiger partial charge in [-0.25, -0.2) is 4.79 Å². The minimum atomic E-state index is -1.55. The summed E-state index contributed by atoms with van der Waals surface area (Å²) in [6, 6.07) is 15.6. The van der Waals surface area contributed by atoms with Crippen LogP contribution >= 0.6 is 0 Å². The van der Waals surface area contributed by atoms with Gasteiger partial charge in [0.25, 0.3) is 0 Å². The molecule has 2 unspecified atom stereocenters. The van der Waals surface area contributed by atoms with Crippen molar-refractivity contribution in [3.63, 3.8) is 0 Å². The van der Waals surface area contributed by atoms with Gasteiger partial charge in [-0.15, -0.1) is 0 Å². The number of aromatic hydroxyl groups is 1. The normalized spacial score (nSPS) is 14.7.